The minimum Gasteiger partial charge on any atom is -0.465 e. The summed E-state index contributed by atoms with van der Waals surface area (Å²) >= 11 is 2.81. The summed E-state index contributed by atoms with van der Waals surface area (Å²) in [5.41, 5.74) is 0.602. The first-order chi connectivity index (χ1) is 8.70. The van der Waals surface area contributed by atoms with E-state index in [4.69, 9.17) is 4.74 Å². The lowest BCUT2D eigenvalue weighted by Crippen LogP contribution is -2.13. The Morgan fingerprint density at radius 3 is 3.22 bits per heavy atom. The first-order valence-corrected chi connectivity index (χ1v) is 7.43. The second-order valence-corrected chi connectivity index (χ2v) is 5.30. The molecule has 0 saturated heterocycles. The zero-order valence-corrected chi connectivity index (χ0v) is 11.4. The molecule has 0 amide bonds. The molecule has 96 valence electrons. The van der Waals surface area contributed by atoms with Crippen LogP contribution in [0.3, 0.4) is 0 Å². The van der Waals surface area contributed by atoms with Gasteiger partial charge in [0.25, 0.3) is 5.56 Å². The summed E-state index contributed by atoms with van der Waals surface area (Å²) < 4.78 is 6.32. The highest BCUT2D eigenvalue weighted by atomic mass is 32.2. The molecule has 0 aromatic carbocycles. The van der Waals surface area contributed by atoms with E-state index in [1.165, 1.54) is 33.6 Å². The third kappa shape index (κ3) is 3.11. The maximum atomic E-state index is 11.7. The second-order valence-electron chi connectivity index (χ2n) is 3.44. The molecule has 0 aliphatic heterocycles. The van der Waals surface area contributed by atoms with Crippen LogP contribution in [0, 0.1) is 0 Å². The van der Waals surface area contributed by atoms with E-state index >= 15 is 0 Å². The minimum atomic E-state index is -0.239. The lowest BCUT2D eigenvalue weighted by atomic mass is 10.4. The Hall–Kier alpha value is -1.34. The third-order valence-electron chi connectivity index (χ3n) is 2.13. The first-order valence-electron chi connectivity index (χ1n) is 5.40. The number of hydrogen-bond donors (Lipinski definition) is 0. The molecule has 0 aliphatic carbocycles. The van der Waals surface area contributed by atoms with Crippen LogP contribution in [0.2, 0.25) is 0 Å². The van der Waals surface area contributed by atoms with Crippen LogP contribution in [0.5, 0.6) is 0 Å². The van der Waals surface area contributed by atoms with E-state index in [-0.39, 0.29) is 17.3 Å². The Labute approximate surface area is 112 Å². The number of nitrogens with zero attached hydrogens (tertiary/aromatic N) is 2. The number of carbonyl (C=O) groups excluding carboxylic acids is 1. The number of hydrogen-bond acceptors (Lipinski definition) is 6. The number of rotatable bonds is 5. The van der Waals surface area contributed by atoms with Gasteiger partial charge in [-0.3, -0.25) is 14.0 Å². The van der Waals surface area contributed by atoms with E-state index in [2.05, 4.69) is 4.98 Å². The van der Waals surface area contributed by atoms with Crippen molar-refractivity contribution >= 4 is 34.0 Å². The number of aromatic nitrogens is 2. The maximum Gasteiger partial charge on any atom is 0.315 e. The molecule has 2 rings (SSSR count). The van der Waals surface area contributed by atoms with Crippen molar-refractivity contribution in [2.24, 2.45) is 0 Å². The summed E-state index contributed by atoms with van der Waals surface area (Å²) in [5.74, 6) is 0.568. The van der Waals surface area contributed by atoms with Gasteiger partial charge in [-0.25, -0.2) is 4.98 Å². The molecule has 0 fully saturated rings. The van der Waals surface area contributed by atoms with Gasteiger partial charge in [0, 0.05) is 23.4 Å². The van der Waals surface area contributed by atoms with E-state index < -0.39 is 0 Å². The molecule has 18 heavy (non-hydrogen) atoms. The van der Waals surface area contributed by atoms with E-state index in [0.29, 0.717) is 23.0 Å². The van der Waals surface area contributed by atoms with Crippen LogP contribution in [0.1, 0.15) is 12.6 Å². The molecule has 0 bridgehead atoms. The van der Waals surface area contributed by atoms with Crippen LogP contribution in [0.25, 0.3) is 4.96 Å². The Balaban J connectivity index is 1.99. The Bertz CT molecular complexity index is 606. The molecule has 2 aromatic rings. The predicted molar refractivity (Wildman–Crippen MR) is 72.1 cm³/mol. The molecular weight excluding hydrogens is 272 g/mol. The van der Waals surface area contributed by atoms with Crippen molar-refractivity contribution in [2.75, 3.05) is 12.4 Å². The smallest absolute Gasteiger partial charge is 0.315 e. The average Bonchev–Trinajstić information content (AvgIpc) is 2.78. The lowest BCUT2D eigenvalue weighted by molar-refractivity contribution is -0.139. The standard InChI is InChI=1S/C11H12N2O3S2/c1-2-16-10(15)7-17-6-8-5-9(14)13-3-4-18-11(13)12-8/h3-5H,2,6-7H2,1H3. The first kappa shape index (κ1) is 13.1. The third-order valence-corrected chi connectivity index (χ3v) is 3.83. The molecule has 0 saturated carbocycles. The van der Waals surface area contributed by atoms with Crippen molar-refractivity contribution in [1.29, 1.82) is 0 Å². The van der Waals surface area contributed by atoms with Crippen molar-refractivity contribution < 1.29 is 9.53 Å². The molecule has 0 aliphatic rings. The molecule has 7 heteroatoms. The lowest BCUT2D eigenvalue weighted by Gasteiger charge is -2.02. The molecule has 0 atom stereocenters. The SMILES string of the molecule is CCOC(=O)CSCc1cc(=O)n2ccsc2n1. The van der Waals surface area contributed by atoms with Crippen molar-refractivity contribution in [3.8, 4) is 0 Å². The average molecular weight is 284 g/mol. The molecule has 2 heterocycles. The molecule has 0 spiro atoms. The van der Waals surface area contributed by atoms with Gasteiger partial charge < -0.3 is 4.74 Å². The van der Waals surface area contributed by atoms with Gasteiger partial charge in [0.15, 0.2) is 4.96 Å². The topological polar surface area (TPSA) is 60.7 Å². The summed E-state index contributed by atoms with van der Waals surface area (Å²) in [6.45, 7) is 2.16. The maximum absolute atomic E-state index is 11.7. The number of ether oxygens (including phenoxy) is 1. The van der Waals surface area contributed by atoms with E-state index in [0.717, 1.165) is 0 Å². The number of thiazole rings is 1. The zero-order chi connectivity index (χ0) is 13.0. The fourth-order valence-electron chi connectivity index (χ4n) is 1.40. The largest absolute Gasteiger partial charge is 0.465 e. The zero-order valence-electron chi connectivity index (χ0n) is 9.79. The van der Waals surface area contributed by atoms with Gasteiger partial charge in [0.2, 0.25) is 0 Å². The van der Waals surface area contributed by atoms with Gasteiger partial charge in [-0.2, -0.15) is 0 Å². The molecule has 0 radical (unpaired) electrons. The van der Waals surface area contributed by atoms with Gasteiger partial charge in [0.1, 0.15) is 0 Å². The Morgan fingerprint density at radius 1 is 1.61 bits per heavy atom. The van der Waals surface area contributed by atoms with Gasteiger partial charge in [-0.05, 0) is 6.92 Å². The number of esters is 1. The van der Waals surface area contributed by atoms with Crippen molar-refractivity contribution in [2.45, 2.75) is 12.7 Å². The summed E-state index contributed by atoms with van der Waals surface area (Å²) in [7, 11) is 0. The monoisotopic (exact) mass is 284 g/mol. The molecule has 5 nitrogen and oxygen atoms in total. The molecule has 0 N–H and O–H groups in total. The summed E-state index contributed by atoms with van der Waals surface area (Å²) in [6.07, 6.45) is 1.70. The van der Waals surface area contributed by atoms with Gasteiger partial charge in [-0.15, -0.1) is 23.1 Å². The van der Waals surface area contributed by atoms with Crippen molar-refractivity contribution in [3.63, 3.8) is 0 Å². The van der Waals surface area contributed by atoms with Crippen LogP contribution >= 0.6 is 23.1 Å². The summed E-state index contributed by atoms with van der Waals surface area (Å²) in [6, 6.07) is 1.50. The Kier molecular flexibility index (Phi) is 4.38. The highest BCUT2D eigenvalue weighted by molar-refractivity contribution is 7.99. The molecular formula is C11H12N2O3S2. The molecule has 0 unspecified atom stereocenters. The highest BCUT2D eigenvalue weighted by Crippen LogP contribution is 2.12. The van der Waals surface area contributed by atoms with Gasteiger partial charge in [-0.1, -0.05) is 0 Å². The van der Waals surface area contributed by atoms with E-state index in [1.54, 1.807) is 13.1 Å². The highest BCUT2D eigenvalue weighted by Gasteiger charge is 2.06. The molecule has 2 aromatic heterocycles. The number of carbonyl (C=O) groups is 1. The van der Waals surface area contributed by atoms with Crippen LogP contribution in [0.4, 0.5) is 0 Å². The van der Waals surface area contributed by atoms with Crippen molar-refractivity contribution in [3.05, 3.63) is 33.7 Å². The van der Waals surface area contributed by atoms with Crippen molar-refractivity contribution in [1.82, 2.24) is 9.38 Å². The van der Waals surface area contributed by atoms with E-state index in [1.807, 2.05) is 5.38 Å². The Morgan fingerprint density at radius 2 is 2.44 bits per heavy atom. The normalized spacial score (nSPS) is 10.7. The minimum absolute atomic E-state index is 0.0898. The van der Waals surface area contributed by atoms with Crippen LogP contribution < -0.4 is 5.56 Å². The number of fused-ring (bicyclic) bond motifs is 1. The van der Waals surface area contributed by atoms with Crippen LogP contribution in [-0.2, 0) is 15.3 Å². The van der Waals surface area contributed by atoms with Gasteiger partial charge >= 0.3 is 5.97 Å². The number of thioether (sulfide) groups is 1. The fourth-order valence-corrected chi connectivity index (χ4v) is 2.85. The quantitative estimate of drug-likeness (QED) is 0.780. The predicted octanol–water partition coefficient (Wildman–Crippen LogP) is 1.55. The fraction of sp³-hybridized carbons (Fsp3) is 0.364. The van der Waals surface area contributed by atoms with Crippen LogP contribution in [0.15, 0.2) is 22.4 Å². The second kappa shape index (κ2) is 6.01. The summed E-state index contributed by atoms with van der Waals surface area (Å²) in [4.78, 5) is 27.9. The van der Waals surface area contributed by atoms with Crippen LogP contribution in [-0.4, -0.2) is 27.7 Å². The van der Waals surface area contributed by atoms with E-state index in [9.17, 15) is 9.59 Å². The van der Waals surface area contributed by atoms with Gasteiger partial charge in [0.05, 0.1) is 18.1 Å². The summed E-state index contributed by atoms with van der Waals surface area (Å²) in [5, 5.41) is 1.82.